The van der Waals surface area contributed by atoms with E-state index in [1.54, 1.807) is 4.90 Å². The Morgan fingerprint density at radius 3 is 2.30 bits per heavy atom. The second-order valence-electron chi connectivity index (χ2n) is 8.78. The van der Waals surface area contributed by atoms with Gasteiger partial charge in [-0.1, -0.05) is 56.3 Å². The Kier molecular flexibility index (Phi) is 5.98. The Morgan fingerprint density at radius 2 is 1.63 bits per heavy atom. The van der Waals surface area contributed by atoms with Crippen molar-refractivity contribution in [3.05, 3.63) is 65.7 Å². The first-order valence-corrected chi connectivity index (χ1v) is 12.6. The predicted molar refractivity (Wildman–Crippen MR) is 121 cm³/mol. The van der Waals surface area contributed by atoms with Gasteiger partial charge in [0.2, 0.25) is 5.91 Å². The first-order valence-electron chi connectivity index (χ1n) is 10.7. The number of sulfone groups is 1. The van der Waals surface area contributed by atoms with E-state index in [9.17, 15) is 13.2 Å². The number of anilines is 1. The van der Waals surface area contributed by atoms with Crippen LogP contribution in [0.1, 0.15) is 37.3 Å². The van der Waals surface area contributed by atoms with Crippen molar-refractivity contribution in [2.45, 2.75) is 44.7 Å². The fourth-order valence-corrected chi connectivity index (χ4v) is 6.67. The Labute approximate surface area is 179 Å². The molecule has 0 radical (unpaired) electrons. The molecule has 4 rings (SSSR count). The van der Waals surface area contributed by atoms with Gasteiger partial charge in [0.25, 0.3) is 0 Å². The SMILES string of the molecule is CC(C)c1ccc(N2C(=O)CN(CCCc3ccccc3)[C@H]3CS(=O)(=O)C[C@H]32)cc1. The summed E-state index contributed by atoms with van der Waals surface area (Å²) in [6, 6.07) is 17.8. The van der Waals surface area contributed by atoms with E-state index in [2.05, 4.69) is 30.9 Å². The van der Waals surface area contributed by atoms with Crippen LogP contribution in [0, 0.1) is 0 Å². The van der Waals surface area contributed by atoms with Crippen molar-refractivity contribution in [1.82, 2.24) is 4.90 Å². The Bertz CT molecular complexity index is 987. The van der Waals surface area contributed by atoms with Crippen LogP contribution in [0.4, 0.5) is 5.69 Å². The minimum absolute atomic E-state index is 0.00893. The van der Waals surface area contributed by atoms with Crippen molar-refractivity contribution >= 4 is 21.4 Å². The lowest BCUT2D eigenvalue weighted by Crippen LogP contribution is -2.62. The second-order valence-corrected chi connectivity index (χ2v) is 10.9. The van der Waals surface area contributed by atoms with E-state index in [0.717, 1.165) is 25.1 Å². The highest BCUT2D eigenvalue weighted by atomic mass is 32.2. The molecule has 0 bridgehead atoms. The van der Waals surface area contributed by atoms with Crippen LogP contribution in [0.3, 0.4) is 0 Å². The second kappa shape index (κ2) is 8.52. The zero-order valence-corrected chi connectivity index (χ0v) is 18.5. The van der Waals surface area contributed by atoms with E-state index in [1.165, 1.54) is 11.1 Å². The maximum Gasteiger partial charge on any atom is 0.241 e. The Morgan fingerprint density at radius 1 is 0.967 bits per heavy atom. The number of piperazine rings is 1. The molecule has 0 aliphatic carbocycles. The average molecular weight is 427 g/mol. The molecule has 0 spiro atoms. The molecule has 2 atom stereocenters. The fraction of sp³-hybridized carbons (Fsp3) is 0.458. The monoisotopic (exact) mass is 426 g/mol. The summed E-state index contributed by atoms with van der Waals surface area (Å²) in [6.07, 6.45) is 1.83. The van der Waals surface area contributed by atoms with Gasteiger partial charge in [-0.3, -0.25) is 9.69 Å². The van der Waals surface area contributed by atoms with Crippen LogP contribution in [0.15, 0.2) is 54.6 Å². The predicted octanol–water partition coefficient (Wildman–Crippen LogP) is 3.26. The number of aryl methyl sites for hydroxylation is 1. The molecule has 6 heteroatoms. The van der Waals surface area contributed by atoms with Crippen LogP contribution < -0.4 is 4.90 Å². The maximum absolute atomic E-state index is 13.1. The van der Waals surface area contributed by atoms with Gasteiger partial charge in [0, 0.05) is 11.7 Å². The molecule has 30 heavy (non-hydrogen) atoms. The van der Waals surface area contributed by atoms with Gasteiger partial charge >= 0.3 is 0 Å². The summed E-state index contributed by atoms with van der Waals surface area (Å²) in [5.41, 5.74) is 3.28. The van der Waals surface area contributed by atoms with Gasteiger partial charge in [0.1, 0.15) is 0 Å². The number of hydrogen-bond acceptors (Lipinski definition) is 4. The van der Waals surface area contributed by atoms with Crippen LogP contribution in [0.25, 0.3) is 0 Å². The van der Waals surface area contributed by atoms with E-state index in [1.807, 2.05) is 42.5 Å². The topological polar surface area (TPSA) is 57.7 Å². The average Bonchev–Trinajstić information content (AvgIpc) is 3.04. The zero-order chi connectivity index (χ0) is 21.3. The van der Waals surface area contributed by atoms with Gasteiger partial charge in [0.05, 0.1) is 24.1 Å². The van der Waals surface area contributed by atoms with Crippen LogP contribution in [0.5, 0.6) is 0 Å². The molecule has 2 saturated heterocycles. The third-order valence-electron chi connectivity index (χ3n) is 6.29. The van der Waals surface area contributed by atoms with Gasteiger partial charge in [0.15, 0.2) is 9.84 Å². The normalized spacial score (nSPS) is 23.7. The van der Waals surface area contributed by atoms with Gasteiger partial charge in [-0.2, -0.15) is 0 Å². The number of amides is 1. The molecule has 160 valence electrons. The number of hydrogen-bond donors (Lipinski definition) is 0. The lowest BCUT2D eigenvalue weighted by atomic mass is 10.00. The number of carbonyl (C=O) groups excluding carboxylic acids is 1. The van der Waals surface area contributed by atoms with E-state index in [0.29, 0.717) is 5.92 Å². The lowest BCUT2D eigenvalue weighted by Gasteiger charge is -2.43. The molecule has 2 fully saturated rings. The molecule has 2 heterocycles. The van der Waals surface area contributed by atoms with Crippen molar-refractivity contribution < 1.29 is 13.2 Å². The van der Waals surface area contributed by atoms with Gasteiger partial charge in [-0.05, 0) is 48.6 Å². The zero-order valence-electron chi connectivity index (χ0n) is 17.7. The number of rotatable bonds is 6. The molecule has 0 saturated carbocycles. The molecule has 0 aromatic heterocycles. The summed E-state index contributed by atoms with van der Waals surface area (Å²) in [5, 5.41) is 0. The van der Waals surface area contributed by atoms with Crippen LogP contribution in [-0.4, -0.2) is 55.9 Å². The number of benzene rings is 2. The van der Waals surface area contributed by atoms with E-state index in [4.69, 9.17) is 0 Å². The summed E-state index contributed by atoms with van der Waals surface area (Å²) in [4.78, 5) is 16.9. The Hall–Kier alpha value is -2.18. The first-order chi connectivity index (χ1) is 14.3. The van der Waals surface area contributed by atoms with Crippen LogP contribution in [0.2, 0.25) is 0 Å². The highest BCUT2D eigenvalue weighted by molar-refractivity contribution is 7.91. The molecule has 0 N–H and O–H groups in total. The van der Waals surface area contributed by atoms with Gasteiger partial charge in [-0.15, -0.1) is 0 Å². The number of fused-ring (bicyclic) bond motifs is 1. The summed E-state index contributed by atoms with van der Waals surface area (Å²) >= 11 is 0. The number of nitrogens with zero attached hydrogens (tertiary/aromatic N) is 2. The largest absolute Gasteiger partial charge is 0.306 e. The fourth-order valence-electron chi connectivity index (χ4n) is 4.69. The molecule has 5 nitrogen and oxygen atoms in total. The minimum Gasteiger partial charge on any atom is -0.306 e. The smallest absolute Gasteiger partial charge is 0.241 e. The van der Waals surface area contributed by atoms with E-state index in [-0.39, 0.29) is 36.0 Å². The molecule has 1 amide bonds. The minimum atomic E-state index is -3.16. The summed E-state index contributed by atoms with van der Waals surface area (Å²) in [6.45, 7) is 5.27. The summed E-state index contributed by atoms with van der Waals surface area (Å²) in [5.74, 6) is 0.586. The molecular weight excluding hydrogens is 396 g/mol. The lowest BCUT2D eigenvalue weighted by molar-refractivity contribution is -0.123. The Balaban J connectivity index is 1.51. The highest BCUT2D eigenvalue weighted by Gasteiger charge is 2.49. The molecular formula is C24H30N2O3S. The van der Waals surface area contributed by atoms with Crippen molar-refractivity contribution in [1.29, 1.82) is 0 Å². The first kappa shape index (κ1) is 21.1. The van der Waals surface area contributed by atoms with E-state index >= 15 is 0 Å². The van der Waals surface area contributed by atoms with Crippen LogP contribution in [-0.2, 0) is 21.1 Å². The van der Waals surface area contributed by atoms with Gasteiger partial charge in [-0.25, -0.2) is 8.42 Å². The van der Waals surface area contributed by atoms with Crippen molar-refractivity contribution in [2.75, 3.05) is 29.5 Å². The van der Waals surface area contributed by atoms with Gasteiger partial charge < -0.3 is 4.90 Å². The standard InChI is InChI=1S/C24H30N2O3S/c1-18(2)20-10-12-21(13-11-20)26-23-17-30(28,29)16-22(23)25(15-24(26)27)14-6-9-19-7-4-3-5-8-19/h3-5,7-8,10-13,18,22-23H,6,9,14-17H2,1-2H3/t22-,23+/m0/s1. The quantitative estimate of drug-likeness (QED) is 0.712. The molecule has 0 unspecified atom stereocenters. The highest BCUT2D eigenvalue weighted by Crippen LogP contribution is 2.32. The number of carbonyl (C=O) groups is 1. The van der Waals surface area contributed by atoms with Crippen molar-refractivity contribution in [3.8, 4) is 0 Å². The van der Waals surface area contributed by atoms with Crippen molar-refractivity contribution in [2.24, 2.45) is 0 Å². The van der Waals surface area contributed by atoms with E-state index < -0.39 is 9.84 Å². The summed E-state index contributed by atoms with van der Waals surface area (Å²) < 4.78 is 25.0. The molecule has 2 aliphatic heterocycles. The molecule has 2 aromatic rings. The third-order valence-corrected chi connectivity index (χ3v) is 7.99. The van der Waals surface area contributed by atoms with Crippen molar-refractivity contribution in [3.63, 3.8) is 0 Å². The molecule has 2 aromatic carbocycles. The maximum atomic E-state index is 13.1. The summed E-state index contributed by atoms with van der Waals surface area (Å²) in [7, 11) is -3.16. The van der Waals surface area contributed by atoms with Crippen LogP contribution >= 0.6 is 0 Å². The third kappa shape index (κ3) is 4.44. The molecule has 2 aliphatic rings.